The molecule has 0 saturated heterocycles. The molecule has 0 amide bonds. The van der Waals surface area contributed by atoms with E-state index in [1.807, 2.05) is 23.9 Å². The number of hydrogen-bond acceptors (Lipinski definition) is 2. The van der Waals surface area contributed by atoms with E-state index in [4.69, 9.17) is 0 Å². The number of rotatable bonds is 1. The third-order valence-corrected chi connectivity index (χ3v) is 2.49. The molecule has 2 rings (SSSR count). The van der Waals surface area contributed by atoms with Gasteiger partial charge in [-0.1, -0.05) is 6.08 Å². The molecule has 1 heterocycles. The maximum Gasteiger partial charge on any atom is 0.0948 e. The first kappa shape index (κ1) is 8.51. The van der Waals surface area contributed by atoms with Crippen LogP contribution in [0.5, 0.6) is 0 Å². The minimum Gasteiger partial charge on any atom is -0.389 e. The lowest BCUT2D eigenvalue weighted by molar-refractivity contribution is 0.206. The lowest BCUT2D eigenvalue weighted by atomic mass is 9.95. The minimum absolute atomic E-state index is 0.265. The Bertz CT molecular complexity index is 327. The van der Waals surface area contributed by atoms with Crippen molar-refractivity contribution in [2.75, 3.05) is 0 Å². The van der Waals surface area contributed by atoms with Crippen LogP contribution in [0.2, 0.25) is 0 Å². The van der Waals surface area contributed by atoms with E-state index in [0.29, 0.717) is 0 Å². The number of aromatic nitrogens is 2. The van der Waals surface area contributed by atoms with Gasteiger partial charge in [-0.25, -0.2) is 4.98 Å². The molecule has 0 saturated carbocycles. The van der Waals surface area contributed by atoms with Gasteiger partial charge < -0.3 is 9.67 Å². The molecule has 1 aromatic heterocycles. The fourth-order valence-corrected chi connectivity index (χ4v) is 1.78. The lowest BCUT2D eigenvalue weighted by Gasteiger charge is -2.16. The predicted octanol–water partition coefficient (Wildman–Crippen LogP) is 1.35. The van der Waals surface area contributed by atoms with Crippen molar-refractivity contribution in [1.82, 2.24) is 9.55 Å². The Hall–Kier alpha value is -1.09. The summed E-state index contributed by atoms with van der Waals surface area (Å²) in [4.78, 5) is 4.06. The second-order valence-electron chi connectivity index (χ2n) is 3.54. The Morgan fingerprint density at radius 1 is 1.62 bits per heavy atom. The average molecular weight is 178 g/mol. The van der Waals surface area contributed by atoms with Crippen molar-refractivity contribution < 1.29 is 5.11 Å². The molecule has 1 aliphatic rings. The Morgan fingerprint density at radius 3 is 3.08 bits per heavy atom. The van der Waals surface area contributed by atoms with Gasteiger partial charge in [0.2, 0.25) is 0 Å². The Balaban J connectivity index is 2.30. The highest BCUT2D eigenvalue weighted by molar-refractivity contribution is 5.63. The van der Waals surface area contributed by atoms with Crippen LogP contribution in [0.15, 0.2) is 18.6 Å². The molecule has 70 valence electrons. The quantitative estimate of drug-likeness (QED) is 0.705. The van der Waals surface area contributed by atoms with Gasteiger partial charge >= 0.3 is 0 Å². The highest BCUT2D eigenvalue weighted by Crippen LogP contribution is 2.25. The van der Waals surface area contributed by atoms with Crippen LogP contribution in [-0.2, 0) is 7.05 Å². The number of aliphatic hydroxyl groups excluding tert-OH is 1. The summed E-state index contributed by atoms with van der Waals surface area (Å²) in [6.45, 7) is 0. The largest absolute Gasteiger partial charge is 0.389 e. The number of hydrogen-bond donors (Lipinski definition) is 1. The zero-order valence-electron chi connectivity index (χ0n) is 7.77. The molecule has 1 atom stereocenters. The highest BCUT2D eigenvalue weighted by atomic mass is 16.3. The van der Waals surface area contributed by atoms with Crippen LogP contribution in [0.3, 0.4) is 0 Å². The van der Waals surface area contributed by atoms with Gasteiger partial charge in [-0.3, -0.25) is 0 Å². The maximum absolute atomic E-state index is 9.46. The monoisotopic (exact) mass is 178 g/mol. The predicted molar refractivity (Wildman–Crippen MR) is 51.0 cm³/mol. The van der Waals surface area contributed by atoms with Gasteiger partial charge in [-0.05, 0) is 24.8 Å². The summed E-state index contributed by atoms with van der Waals surface area (Å²) in [6.07, 6.45) is 8.33. The zero-order valence-corrected chi connectivity index (χ0v) is 7.77. The van der Waals surface area contributed by atoms with Crippen LogP contribution < -0.4 is 0 Å². The lowest BCUT2D eigenvalue weighted by Crippen LogP contribution is -2.09. The fourth-order valence-electron chi connectivity index (χ4n) is 1.78. The van der Waals surface area contributed by atoms with Crippen molar-refractivity contribution in [3.8, 4) is 0 Å². The van der Waals surface area contributed by atoms with Crippen LogP contribution in [-0.4, -0.2) is 20.8 Å². The molecule has 13 heavy (non-hydrogen) atoms. The molecule has 0 radical (unpaired) electrons. The zero-order chi connectivity index (χ0) is 9.26. The average Bonchev–Trinajstić information content (AvgIpc) is 2.51. The van der Waals surface area contributed by atoms with Gasteiger partial charge in [0.05, 0.1) is 24.3 Å². The topological polar surface area (TPSA) is 38.0 Å². The Morgan fingerprint density at radius 2 is 2.46 bits per heavy atom. The van der Waals surface area contributed by atoms with Crippen molar-refractivity contribution >= 4 is 5.57 Å². The first-order valence-corrected chi connectivity index (χ1v) is 4.63. The SMILES string of the molecule is Cn1cncc1C1=CC(O)CCC1. The molecule has 0 fully saturated rings. The summed E-state index contributed by atoms with van der Waals surface area (Å²) < 4.78 is 1.99. The van der Waals surface area contributed by atoms with Crippen molar-refractivity contribution in [3.05, 3.63) is 24.3 Å². The summed E-state index contributed by atoms with van der Waals surface area (Å²) in [5, 5.41) is 9.46. The normalized spacial score (nSPS) is 22.9. The molecule has 3 heteroatoms. The molecule has 1 aliphatic carbocycles. The van der Waals surface area contributed by atoms with Gasteiger partial charge in [0.25, 0.3) is 0 Å². The fraction of sp³-hybridized carbons (Fsp3) is 0.500. The Kier molecular flexibility index (Phi) is 2.19. The second-order valence-corrected chi connectivity index (χ2v) is 3.54. The summed E-state index contributed by atoms with van der Waals surface area (Å²) in [5.41, 5.74) is 2.34. The molecule has 0 bridgehead atoms. The molecule has 3 nitrogen and oxygen atoms in total. The highest BCUT2D eigenvalue weighted by Gasteiger charge is 2.13. The first-order valence-electron chi connectivity index (χ1n) is 4.63. The number of aryl methyl sites for hydroxylation is 1. The third kappa shape index (κ3) is 1.65. The molecule has 0 spiro atoms. The van der Waals surface area contributed by atoms with E-state index in [9.17, 15) is 5.11 Å². The summed E-state index contributed by atoms with van der Waals surface area (Å²) in [7, 11) is 1.98. The molecule has 0 aliphatic heterocycles. The second kappa shape index (κ2) is 3.34. The van der Waals surface area contributed by atoms with E-state index >= 15 is 0 Å². The van der Waals surface area contributed by atoms with Crippen LogP contribution in [0.4, 0.5) is 0 Å². The van der Waals surface area contributed by atoms with Crippen molar-refractivity contribution in [2.45, 2.75) is 25.4 Å². The smallest absolute Gasteiger partial charge is 0.0948 e. The molecular formula is C10H14N2O. The van der Waals surface area contributed by atoms with Gasteiger partial charge in [-0.2, -0.15) is 0 Å². The minimum atomic E-state index is -0.265. The van der Waals surface area contributed by atoms with Crippen LogP contribution >= 0.6 is 0 Å². The molecule has 1 unspecified atom stereocenters. The number of allylic oxidation sites excluding steroid dienone is 1. The summed E-state index contributed by atoms with van der Waals surface area (Å²) >= 11 is 0. The van der Waals surface area contributed by atoms with Gasteiger partial charge in [0.15, 0.2) is 0 Å². The standard InChI is InChI=1S/C10H14N2O/c1-12-7-11-6-10(12)8-3-2-4-9(13)5-8/h5-7,9,13H,2-4H2,1H3. The van der Waals surface area contributed by atoms with Crippen LogP contribution in [0.25, 0.3) is 5.57 Å². The van der Waals surface area contributed by atoms with Gasteiger partial charge in [0, 0.05) is 7.05 Å². The van der Waals surface area contributed by atoms with E-state index in [2.05, 4.69) is 4.98 Å². The summed E-state index contributed by atoms with van der Waals surface area (Å²) in [5.74, 6) is 0. The van der Waals surface area contributed by atoms with E-state index in [1.54, 1.807) is 6.33 Å². The van der Waals surface area contributed by atoms with Crippen LogP contribution in [0.1, 0.15) is 25.0 Å². The van der Waals surface area contributed by atoms with Gasteiger partial charge in [-0.15, -0.1) is 0 Å². The van der Waals surface area contributed by atoms with Crippen molar-refractivity contribution in [1.29, 1.82) is 0 Å². The molecule has 1 aromatic rings. The number of nitrogens with zero attached hydrogens (tertiary/aromatic N) is 2. The molecular weight excluding hydrogens is 164 g/mol. The third-order valence-electron chi connectivity index (χ3n) is 2.49. The molecule has 1 N–H and O–H groups in total. The maximum atomic E-state index is 9.46. The van der Waals surface area contributed by atoms with Crippen molar-refractivity contribution in [2.24, 2.45) is 7.05 Å². The van der Waals surface area contributed by atoms with Crippen molar-refractivity contribution in [3.63, 3.8) is 0 Å². The number of aliphatic hydroxyl groups is 1. The van der Waals surface area contributed by atoms with E-state index in [0.717, 1.165) is 25.0 Å². The summed E-state index contributed by atoms with van der Waals surface area (Å²) in [6, 6.07) is 0. The number of imidazole rings is 1. The van der Waals surface area contributed by atoms with E-state index < -0.39 is 0 Å². The first-order chi connectivity index (χ1) is 6.27. The van der Waals surface area contributed by atoms with E-state index in [-0.39, 0.29) is 6.10 Å². The Labute approximate surface area is 77.7 Å². The van der Waals surface area contributed by atoms with Crippen LogP contribution in [0, 0.1) is 0 Å². The van der Waals surface area contributed by atoms with Gasteiger partial charge in [0.1, 0.15) is 0 Å². The van der Waals surface area contributed by atoms with E-state index in [1.165, 1.54) is 5.57 Å². The molecule has 0 aromatic carbocycles.